The molecule has 0 bridgehead atoms. The molecule has 0 aromatic carbocycles. The minimum atomic E-state index is -0.887. The number of rotatable bonds is 39. The second-order valence-electron chi connectivity index (χ2n) is 16.0. The van der Waals surface area contributed by atoms with Gasteiger partial charge in [-0.1, -0.05) is 169 Å². The molecule has 0 aliphatic rings. The fraction of sp³-hybridized carbons (Fsp3) is 0.627. The van der Waals surface area contributed by atoms with Gasteiger partial charge in [-0.3, -0.25) is 9.59 Å². The van der Waals surface area contributed by atoms with E-state index < -0.39 is 18.1 Å². The van der Waals surface area contributed by atoms with E-state index in [-0.39, 0.29) is 42.7 Å². The fourth-order valence-corrected chi connectivity index (χ4v) is 6.13. The van der Waals surface area contributed by atoms with Gasteiger partial charge in [-0.05, 0) is 64.2 Å². The Morgan fingerprint density at radius 3 is 1.54 bits per heavy atom. The van der Waals surface area contributed by atoms with Crippen molar-refractivity contribution in [1.82, 2.24) is 0 Å². The standard InChI is InChI=1S/C51H83NO7/c1-6-8-10-12-14-16-18-20-22-23-24-25-26-28-29-31-33-35-37-39-41-49(53)58-46-47(45-57-44-43-48(51(55)56)52(3,4)5)59-50(54)42-40-38-36-34-32-30-27-21-19-17-15-13-11-9-7-2/h8-11,13-17,19-22,27,30,32,47-48H,6-7,12,18,23-26,28-29,31,33-46H2,1-5H3/p+1/b10-8+,11-9+,15-13+,16-14+,19-17+,22-20+,27-21+,32-30+. The number of carboxylic acid groups (broad SMARTS) is 1. The normalized spacial score (nSPS) is 13.8. The molecule has 8 nitrogen and oxygen atoms in total. The molecule has 0 amide bonds. The van der Waals surface area contributed by atoms with Crippen molar-refractivity contribution in [3.63, 3.8) is 0 Å². The predicted octanol–water partition coefficient (Wildman–Crippen LogP) is 12.7. The third-order valence-corrected chi connectivity index (χ3v) is 9.61. The van der Waals surface area contributed by atoms with E-state index >= 15 is 0 Å². The number of likely N-dealkylation sites (N-methyl/N-ethyl adjacent to an activating group) is 1. The summed E-state index contributed by atoms with van der Waals surface area (Å²) in [5, 5.41) is 9.63. The average Bonchev–Trinajstić information content (AvgIpc) is 3.19. The predicted molar refractivity (Wildman–Crippen MR) is 247 cm³/mol. The van der Waals surface area contributed by atoms with Crippen LogP contribution in [0.15, 0.2) is 97.2 Å². The lowest BCUT2D eigenvalue weighted by Gasteiger charge is -2.31. The quantitative estimate of drug-likeness (QED) is 0.0217. The Morgan fingerprint density at radius 1 is 0.525 bits per heavy atom. The van der Waals surface area contributed by atoms with Crippen molar-refractivity contribution >= 4 is 17.9 Å². The van der Waals surface area contributed by atoms with Gasteiger partial charge in [-0.25, -0.2) is 4.79 Å². The second kappa shape index (κ2) is 41.0. The van der Waals surface area contributed by atoms with E-state index in [0.29, 0.717) is 19.3 Å². The van der Waals surface area contributed by atoms with Gasteiger partial charge in [-0.15, -0.1) is 0 Å². The number of unbranched alkanes of at least 4 members (excludes halogenated alkanes) is 13. The van der Waals surface area contributed by atoms with Crippen molar-refractivity contribution in [3.05, 3.63) is 97.2 Å². The lowest BCUT2D eigenvalue weighted by molar-refractivity contribution is -0.887. The van der Waals surface area contributed by atoms with Gasteiger partial charge in [0.25, 0.3) is 0 Å². The molecular formula is C51H84NO7+. The molecule has 0 rings (SSSR count). The Labute approximate surface area is 360 Å². The van der Waals surface area contributed by atoms with Gasteiger partial charge >= 0.3 is 17.9 Å². The number of carbonyl (C=O) groups excluding carboxylic acids is 2. The highest BCUT2D eigenvalue weighted by molar-refractivity contribution is 5.72. The summed E-state index contributed by atoms with van der Waals surface area (Å²) in [6, 6.07) is -0.629. The third kappa shape index (κ3) is 39.5. The molecule has 0 aromatic rings. The summed E-state index contributed by atoms with van der Waals surface area (Å²) in [4.78, 5) is 37.0. The molecule has 0 fully saturated rings. The van der Waals surface area contributed by atoms with Crippen molar-refractivity contribution < 1.29 is 38.2 Å². The van der Waals surface area contributed by atoms with Crippen LogP contribution in [0.3, 0.4) is 0 Å². The van der Waals surface area contributed by atoms with E-state index in [9.17, 15) is 19.5 Å². The molecular weight excluding hydrogens is 739 g/mol. The summed E-state index contributed by atoms with van der Waals surface area (Å²) >= 11 is 0. The molecule has 2 unspecified atom stereocenters. The number of carboxylic acids is 1. The summed E-state index contributed by atoms with van der Waals surface area (Å²) in [7, 11) is 5.50. The summed E-state index contributed by atoms with van der Waals surface area (Å²) in [6.45, 7) is 4.42. The molecule has 0 aromatic heterocycles. The van der Waals surface area contributed by atoms with E-state index in [4.69, 9.17) is 14.2 Å². The van der Waals surface area contributed by atoms with E-state index in [1.807, 2.05) is 69.8 Å². The van der Waals surface area contributed by atoms with Crippen molar-refractivity contribution in [2.45, 2.75) is 167 Å². The van der Waals surface area contributed by atoms with Crippen LogP contribution in [0.4, 0.5) is 0 Å². The van der Waals surface area contributed by atoms with Crippen LogP contribution in [0.2, 0.25) is 0 Å². The molecule has 2 atom stereocenters. The first-order chi connectivity index (χ1) is 28.6. The van der Waals surface area contributed by atoms with Gasteiger partial charge in [0.05, 0.1) is 34.4 Å². The Balaban J connectivity index is 4.38. The van der Waals surface area contributed by atoms with Crippen LogP contribution in [0.25, 0.3) is 0 Å². The highest BCUT2D eigenvalue weighted by Crippen LogP contribution is 2.14. The van der Waals surface area contributed by atoms with Gasteiger partial charge in [0.1, 0.15) is 6.61 Å². The van der Waals surface area contributed by atoms with Crippen LogP contribution in [-0.2, 0) is 28.6 Å². The zero-order valence-electron chi connectivity index (χ0n) is 37.9. The molecule has 0 aliphatic carbocycles. The number of hydrogen-bond donors (Lipinski definition) is 1. The van der Waals surface area contributed by atoms with Gasteiger partial charge in [-0.2, -0.15) is 0 Å². The molecule has 59 heavy (non-hydrogen) atoms. The van der Waals surface area contributed by atoms with Gasteiger partial charge < -0.3 is 23.8 Å². The zero-order valence-corrected chi connectivity index (χ0v) is 37.9. The van der Waals surface area contributed by atoms with Crippen molar-refractivity contribution in [1.29, 1.82) is 0 Å². The van der Waals surface area contributed by atoms with E-state index in [0.717, 1.165) is 64.2 Å². The second-order valence-corrected chi connectivity index (χ2v) is 16.0. The summed E-state index contributed by atoms with van der Waals surface area (Å²) in [5.74, 6) is -1.54. The number of nitrogens with zero attached hydrogens (tertiary/aromatic N) is 1. The van der Waals surface area contributed by atoms with Crippen LogP contribution in [0.5, 0.6) is 0 Å². The van der Waals surface area contributed by atoms with Gasteiger partial charge in [0, 0.05) is 19.3 Å². The average molecular weight is 823 g/mol. The molecule has 334 valence electrons. The topological polar surface area (TPSA) is 99.1 Å². The first-order valence-electron chi connectivity index (χ1n) is 22.8. The van der Waals surface area contributed by atoms with Gasteiger partial charge in [0.15, 0.2) is 12.1 Å². The number of esters is 2. The summed E-state index contributed by atoms with van der Waals surface area (Å²) in [5.41, 5.74) is 0. The minimum Gasteiger partial charge on any atom is -0.477 e. The molecule has 0 saturated carbocycles. The maximum absolute atomic E-state index is 12.7. The van der Waals surface area contributed by atoms with Crippen LogP contribution in [0.1, 0.15) is 155 Å². The van der Waals surface area contributed by atoms with Crippen LogP contribution in [-0.4, -0.2) is 80.6 Å². The van der Waals surface area contributed by atoms with Gasteiger partial charge in [0.2, 0.25) is 0 Å². The maximum Gasteiger partial charge on any atom is 0.362 e. The van der Waals surface area contributed by atoms with Crippen molar-refractivity contribution in [2.75, 3.05) is 41.0 Å². The van der Waals surface area contributed by atoms with Crippen molar-refractivity contribution in [2.24, 2.45) is 0 Å². The summed E-state index contributed by atoms with van der Waals surface area (Å²) in [6.07, 6.45) is 54.5. The monoisotopic (exact) mass is 823 g/mol. The molecule has 1 N–H and O–H groups in total. The van der Waals surface area contributed by atoms with E-state index in [2.05, 4.69) is 62.5 Å². The lowest BCUT2D eigenvalue weighted by Crippen LogP contribution is -2.50. The minimum absolute atomic E-state index is 0.0364. The Morgan fingerprint density at radius 2 is 0.983 bits per heavy atom. The molecule has 0 saturated heterocycles. The Hall–Kier alpha value is -3.75. The smallest absolute Gasteiger partial charge is 0.362 e. The lowest BCUT2D eigenvalue weighted by atomic mass is 10.1. The first kappa shape index (κ1) is 55.2. The Kier molecular flexibility index (Phi) is 38.4. The molecule has 0 spiro atoms. The highest BCUT2D eigenvalue weighted by Gasteiger charge is 2.31. The first-order valence-corrected chi connectivity index (χ1v) is 22.8. The van der Waals surface area contributed by atoms with Crippen LogP contribution >= 0.6 is 0 Å². The molecule has 0 radical (unpaired) electrons. The third-order valence-electron chi connectivity index (χ3n) is 9.61. The largest absolute Gasteiger partial charge is 0.477 e. The highest BCUT2D eigenvalue weighted by atomic mass is 16.6. The molecule has 0 heterocycles. The Bertz CT molecular complexity index is 1280. The van der Waals surface area contributed by atoms with E-state index in [1.165, 1.54) is 51.4 Å². The molecule has 8 heteroatoms. The number of aliphatic carboxylic acids is 1. The maximum atomic E-state index is 12.7. The van der Waals surface area contributed by atoms with E-state index in [1.54, 1.807) is 0 Å². The zero-order chi connectivity index (χ0) is 43.5. The number of quaternary nitrogens is 1. The van der Waals surface area contributed by atoms with Crippen LogP contribution in [0, 0.1) is 0 Å². The number of carbonyl (C=O) groups is 3. The summed E-state index contributed by atoms with van der Waals surface area (Å²) < 4.78 is 17.2. The van der Waals surface area contributed by atoms with Crippen molar-refractivity contribution in [3.8, 4) is 0 Å². The van der Waals surface area contributed by atoms with Crippen LogP contribution < -0.4 is 0 Å². The fourth-order valence-electron chi connectivity index (χ4n) is 6.13. The number of allylic oxidation sites excluding steroid dienone is 16. The molecule has 0 aliphatic heterocycles. The SMILES string of the molecule is CC/C=C/C=C/C=C/C=C/C=C/CCCCCC(=O)OC(COCCC(C(=O)O)[N+](C)(C)C)COC(=O)CCCCCCCCCCCC/C=C/C/C=C/C/C=C/CC. The number of hydrogen-bond acceptors (Lipinski definition) is 6. The number of ether oxygens (including phenoxy) is 3.